The van der Waals surface area contributed by atoms with E-state index in [1.807, 2.05) is 0 Å². The van der Waals surface area contributed by atoms with E-state index < -0.39 is 0 Å². The Morgan fingerprint density at radius 1 is 1.20 bits per heavy atom. The minimum absolute atomic E-state index is 0.0318. The van der Waals surface area contributed by atoms with Crippen LogP contribution in [0.15, 0.2) is 36.4 Å². The lowest BCUT2D eigenvalue weighted by Gasteiger charge is -2.24. The molecule has 0 fully saturated rings. The van der Waals surface area contributed by atoms with Gasteiger partial charge in [0.25, 0.3) is 5.91 Å². The summed E-state index contributed by atoms with van der Waals surface area (Å²) in [5.41, 5.74) is 5.25. The average Bonchev–Trinajstić information content (AvgIpc) is 2.94. The van der Waals surface area contributed by atoms with Crippen LogP contribution in [-0.2, 0) is 6.42 Å². The summed E-state index contributed by atoms with van der Waals surface area (Å²) >= 11 is 12.1. The van der Waals surface area contributed by atoms with Crippen LogP contribution in [0.2, 0.25) is 10.0 Å². The van der Waals surface area contributed by atoms with Gasteiger partial charge in [-0.05, 0) is 62.1 Å². The van der Waals surface area contributed by atoms with Crippen LogP contribution in [0.3, 0.4) is 0 Å². The van der Waals surface area contributed by atoms with Gasteiger partial charge in [-0.1, -0.05) is 34.8 Å². The second-order valence-electron chi connectivity index (χ2n) is 6.61. The van der Waals surface area contributed by atoms with Crippen molar-refractivity contribution in [1.82, 2.24) is 10.3 Å². The summed E-state index contributed by atoms with van der Waals surface area (Å²) in [7, 11) is 0. The number of carbonyl (C=O) groups excluding carboxylic acids is 1. The highest BCUT2D eigenvalue weighted by molar-refractivity contribution is 6.36. The first kappa shape index (κ1) is 16.5. The maximum atomic E-state index is 12.7. The molecule has 1 amide bonds. The predicted octanol–water partition coefficient (Wildman–Crippen LogP) is 5.59. The van der Waals surface area contributed by atoms with Crippen LogP contribution >= 0.6 is 23.2 Å². The number of hydrogen-bond donors (Lipinski definition) is 2. The van der Waals surface area contributed by atoms with Crippen LogP contribution in [-0.4, -0.2) is 10.9 Å². The summed E-state index contributed by atoms with van der Waals surface area (Å²) in [6.45, 7) is 2.10. The van der Waals surface area contributed by atoms with E-state index in [4.69, 9.17) is 23.2 Å². The van der Waals surface area contributed by atoms with E-state index in [9.17, 15) is 4.79 Å². The highest BCUT2D eigenvalue weighted by Gasteiger charge is 2.26. The molecule has 1 atom stereocenters. The Bertz CT molecular complexity index is 977. The molecule has 1 unspecified atom stereocenters. The Kier molecular flexibility index (Phi) is 4.22. The molecule has 1 aromatic heterocycles. The fraction of sp³-hybridized carbons (Fsp3) is 0.250. The first-order chi connectivity index (χ1) is 12.0. The molecule has 2 aromatic carbocycles. The molecule has 0 spiro atoms. The van der Waals surface area contributed by atoms with Gasteiger partial charge in [-0.3, -0.25) is 4.79 Å². The van der Waals surface area contributed by atoms with Crippen LogP contribution < -0.4 is 5.32 Å². The van der Waals surface area contributed by atoms with Crippen molar-refractivity contribution in [2.45, 2.75) is 32.2 Å². The SMILES string of the molecule is Cc1ccc2[nH]c3c(c2c1)CCCC3NC(=O)c1ccc(Cl)cc1Cl. The third-order valence-corrected chi connectivity index (χ3v) is 5.39. The number of fused-ring (bicyclic) bond motifs is 3. The zero-order valence-corrected chi connectivity index (χ0v) is 15.3. The minimum atomic E-state index is -0.172. The minimum Gasteiger partial charge on any atom is -0.356 e. The van der Waals surface area contributed by atoms with E-state index in [0.717, 1.165) is 30.5 Å². The van der Waals surface area contributed by atoms with Gasteiger partial charge >= 0.3 is 0 Å². The molecular formula is C20H18Cl2N2O. The molecule has 128 valence electrons. The molecule has 0 saturated carbocycles. The van der Waals surface area contributed by atoms with Crippen molar-refractivity contribution in [1.29, 1.82) is 0 Å². The quantitative estimate of drug-likeness (QED) is 0.604. The van der Waals surface area contributed by atoms with Gasteiger partial charge in [-0.25, -0.2) is 0 Å². The van der Waals surface area contributed by atoms with Crippen molar-refractivity contribution in [2.75, 3.05) is 0 Å². The largest absolute Gasteiger partial charge is 0.356 e. The van der Waals surface area contributed by atoms with Gasteiger partial charge in [0.05, 0.1) is 16.6 Å². The zero-order valence-electron chi connectivity index (χ0n) is 13.8. The second kappa shape index (κ2) is 6.40. The average molecular weight is 373 g/mol. The molecule has 2 N–H and O–H groups in total. The summed E-state index contributed by atoms with van der Waals surface area (Å²) < 4.78 is 0. The van der Waals surface area contributed by atoms with E-state index >= 15 is 0 Å². The molecule has 5 heteroatoms. The van der Waals surface area contributed by atoms with Crippen molar-refractivity contribution < 1.29 is 4.79 Å². The maximum absolute atomic E-state index is 12.7. The first-order valence-electron chi connectivity index (χ1n) is 8.40. The molecule has 0 bridgehead atoms. The van der Waals surface area contributed by atoms with E-state index in [1.54, 1.807) is 18.2 Å². The van der Waals surface area contributed by atoms with Crippen molar-refractivity contribution in [3.63, 3.8) is 0 Å². The van der Waals surface area contributed by atoms with Crippen molar-refractivity contribution >= 4 is 40.0 Å². The molecule has 4 rings (SSSR count). The Balaban J connectivity index is 1.67. The number of amides is 1. The number of nitrogens with one attached hydrogen (secondary N) is 2. The molecule has 3 nitrogen and oxygen atoms in total. The summed E-state index contributed by atoms with van der Waals surface area (Å²) in [5.74, 6) is -0.172. The standard InChI is InChI=1S/C20H18Cl2N2O/c1-11-5-8-17-15(9-11)13-3-2-4-18(19(13)23-17)24-20(25)14-7-6-12(21)10-16(14)22/h5-10,18,23H,2-4H2,1H3,(H,24,25). The number of hydrogen-bond acceptors (Lipinski definition) is 1. The summed E-state index contributed by atoms with van der Waals surface area (Å²) in [4.78, 5) is 16.2. The normalized spacial score (nSPS) is 16.7. The van der Waals surface area contributed by atoms with Crippen LogP contribution in [0.1, 0.15) is 46.1 Å². The fourth-order valence-corrected chi connectivity index (χ4v) is 4.12. The molecule has 25 heavy (non-hydrogen) atoms. The van der Waals surface area contributed by atoms with Gasteiger partial charge in [-0.15, -0.1) is 0 Å². The van der Waals surface area contributed by atoms with E-state index in [-0.39, 0.29) is 11.9 Å². The Hall–Kier alpha value is -1.97. The van der Waals surface area contributed by atoms with Gasteiger partial charge in [0, 0.05) is 21.6 Å². The summed E-state index contributed by atoms with van der Waals surface area (Å²) in [5, 5.41) is 5.28. The topological polar surface area (TPSA) is 44.9 Å². The number of H-pyrrole nitrogens is 1. The van der Waals surface area contributed by atoms with Gasteiger partial charge < -0.3 is 10.3 Å². The Morgan fingerprint density at radius 3 is 2.84 bits per heavy atom. The highest BCUT2D eigenvalue weighted by atomic mass is 35.5. The molecule has 1 aliphatic carbocycles. The van der Waals surface area contributed by atoms with Crippen LogP contribution in [0.25, 0.3) is 10.9 Å². The molecular weight excluding hydrogens is 355 g/mol. The van der Waals surface area contributed by atoms with E-state index in [2.05, 4.69) is 35.4 Å². The molecule has 0 saturated heterocycles. The zero-order chi connectivity index (χ0) is 17.6. The van der Waals surface area contributed by atoms with Crippen LogP contribution in [0, 0.1) is 6.92 Å². The predicted molar refractivity (Wildman–Crippen MR) is 103 cm³/mol. The number of aryl methyl sites for hydroxylation is 2. The third kappa shape index (κ3) is 3.03. The number of aromatic nitrogens is 1. The number of aromatic amines is 1. The Morgan fingerprint density at radius 2 is 2.04 bits per heavy atom. The molecule has 1 aliphatic rings. The first-order valence-corrected chi connectivity index (χ1v) is 9.15. The van der Waals surface area contributed by atoms with Gasteiger partial charge in [-0.2, -0.15) is 0 Å². The lowest BCUT2D eigenvalue weighted by molar-refractivity contribution is 0.0932. The number of rotatable bonds is 2. The number of benzene rings is 2. The maximum Gasteiger partial charge on any atom is 0.253 e. The monoisotopic (exact) mass is 372 g/mol. The summed E-state index contributed by atoms with van der Waals surface area (Å²) in [6, 6.07) is 11.3. The lowest BCUT2D eigenvalue weighted by Crippen LogP contribution is -2.31. The van der Waals surface area contributed by atoms with Crippen molar-refractivity contribution in [3.8, 4) is 0 Å². The van der Waals surface area contributed by atoms with Gasteiger partial charge in [0.15, 0.2) is 0 Å². The summed E-state index contributed by atoms with van der Waals surface area (Å²) in [6.07, 6.45) is 3.00. The number of carbonyl (C=O) groups is 1. The lowest BCUT2D eigenvalue weighted by atomic mass is 9.91. The molecule has 0 aliphatic heterocycles. The molecule has 0 radical (unpaired) electrons. The smallest absolute Gasteiger partial charge is 0.253 e. The molecule has 3 aromatic rings. The fourth-order valence-electron chi connectivity index (χ4n) is 3.63. The molecule has 1 heterocycles. The third-order valence-electron chi connectivity index (χ3n) is 4.84. The highest BCUT2D eigenvalue weighted by Crippen LogP contribution is 2.35. The second-order valence-corrected chi connectivity index (χ2v) is 7.45. The number of halogens is 2. The van der Waals surface area contributed by atoms with E-state index in [1.165, 1.54) is 16.5 Å². The van der Waals surface area contributed by atoms with Crippen LogP contribution in [0.5, 0.6) is 0 Å². The van der Waals surface area contributed by atoms with Crippen molar-refractivity contribution in [3.05, 3.63) is 68.8 Å². The van der Waals surface area contributed by atoms with Crippen LogP contribution in [0.4, 0.5) is 0 Å². The van der Waals surface area contributed by atoms with Gasteiger partial charge in [0.2, 0.25) is 0 Å². The Labute approximate surface area is 156 Å². The van der Waals surface area contributed by atoms with Crippen molar-refractivity contribution in [2.24, 2.45) is 0 Å². The van der Waals surface area contributed by atoms with Gasteiger partial charge in [0.1, 0.15) is 0 Å². The van der Waals surface area contributed by atoms with E-state index in [0.29, 0.717) is 15.6 Å².